The number of aromatic nitrogens is 3. The first-order valence-corrected chi connectivity index (χ1v) is 8.11. The number of hydrogen-bond acceptors (Lipinski definition) is 4. The van der Waals surface area contributed by atoms with Gasteiger partial charge in [-0.05, 0) is 19.9 Å². The van der Waals surface area contributed by atoms with E-state index in [9.17, 15) is 4.79 Å². The number of amides is 1. The van der Waals surface area contributed by atoms with Gasteiger partial charge in [-0.1, -0.05) is 18.2 Å². The van der Waals surface area contributed by atoms with Crippen LogP contribution in [-0.4, -0.2) is 20.7 Å². The lowest BCUT2D eigenvalue weighted by Gasteiger charge is -2.05. The summed E-state index contributed by atoms with van der Waals surface area (Å²) in [7, 11) is 0. The molecule has 0 radical (unpaired) electrons. The Hall–Kier alpha value is -2.21. The highest BCUT2D eigenvalue weighted by Gasteiger charge is 2.08. The standard InChI is InChI=1S/C16H18N4OS/c1-11-14-5-3-4-6-15(14)20(19-11)8-7-16(21)17-9-13-10-22-12(2)18-13/h3-6,10H,7-9H2,1-2H3,(H,17,21). The predicted molar refractivity (Wildman–Crippen MR) is 87.8 cm³/mol. The Balaban J connectivity index is 1.58. The third-order valence-electron chi connectivity index (χ3n) is 3.53. The summed E-state index contributed by atoms with van der Waals surface area (Å²) in [5.74, 6) is 0.0166. The summed E-state index contributed by atoms with van der Waals surface area (Å²) in [6.45, 7) is 5.02. The van der Waals surface area contributed by atoms with Crippen LogP contribution in [0.15, 0.2) is 29.6 Å². The average Bonchev–Trinajstić information content (AvgIpc) is 3.07. The van der Waals surface area contributed by atoms with Crippen molar-refractivity contribution in [2.24, 2.45) is 0 Å². The molecule has 0 unspecified atom stereocenters. The van der Waals surface area contributed by atoms with E-state index in [4.69, 9.17) is 0 Å². The molecule has 1 N–H and O–H groups in total. The third kappa shape index (κ3) is 3.17. The molecule has 0 saturated carbocycles. The van der Waals surface area contributed by atoms with E-state index in [1.807, 2.05) is 42.1 Å². The first-order valence-electron chi connectivity index (χ1n) is 7.23. The summed E-state index contributed by atoms with van der Waals surface area (Å²) in [5.41, 5.74) is 2.98. The molecule has 0 aliphatic heterocycles. The van der Waals surface area contributed by atoms with Crippen LogP contribution in [-0.2, 0) is 17.9 Å². The molecule has 0 aliphatic carbocycles. The van der Waals surface area contributed by atoms with E-state index in [0.717, 1.165) is 27.3 Å². The molecule has 22 heavy (non-hydrogen) atoms. The van der Waals surface area contributed by atoms with Crippen molar-refractivity contribution in [2.75, 3.05) is 0 Å². The zero-order chi connectivity index (χ0) is 15.5. The minimum absolute atomic E-state index is 0.0166. The van der Waals surface area contributed by atoms with Crippen LogP contribution in [0, 0.1) is 13.8 Å². The summed E-state index contributed by atoms with van der Waals surface area (Å²) in [4.78, 5) is 16.3. The first kappa shape index (κ1) is 14.7. The number of nitrogens with zero attached hydrogens (tertiary/aromatic N) is 3. The van der Waals surface area contributed by atoms with Crippen molar-refractivity contribution in [3.05, 3.63) is 46.0 Å². The Morgan fingerprint density at radius 2 is 2.14 bits per heavy atom. The molecule has 0 aliphatic rings. The Labute approximate surface area is 133 Å². The highest BCUT2D eigenvalue weighted by atomic mass is 32.1. The van der Waals surface area contributed by atoms with E-state index in [1.54, 1.807) is 11.3 Å². The largest absolute Gasteiger partial charge is 0.350 e. The van der Waals surface area contributed by atoms with Gasteiger partial charge in [0.25, 0.3) is 0 Å². The van der Waals surface area contributed by atoms with E-state index in [2.05, 4.69) is 21.5 Å². The number of aryl methyl sites for hydroxylation is 3. The monoisotopic (exact) mass is 314 g/mol. The molecule has 0 saturated heterocycles. The Morgan fingerprint density at radius 1 is 1.32 bits per heavy atom. The summed E-state index contributed by atoms with van der Waals surface area (Å²) in [6, 6.07) is 8.08. The summed E-state index contributed by atoms with van der Waals surface area (Å²) < 4.78 is 1.90. The van der Waals surface area contributed by atoms with E-state index >= 15 is 0 Å². The topological polar surface area (TPSA) is 59.8 Å². The average molecular weight is 314 g/mol. The number of carbonyl (C=O) groups is 1. The molecule has 3 rings (SSSR count). The van der Waals surface area contributed by atoms with Gasteiger partial charge in [0, 0.05) is 17.2 Å². The molecule has 1 amide bonds. The molecule has 0 atom stereocenters. The van der Waals surface area contributed by atoms with Crippen LogP contribution in [0.3, 0.4) is 0 Å². The second-order valence-corrected chi connectivity index (χ2v) is 6.27. The van der Waals surface area contributed by atoms with Gasteiger partial charge in [0.15, 0.2) is 0 Å². The molecule has 2 aromatic heterocycles. The van der Waals surface area contributed by atoms with E-state index < -0.39 is 0 Å². The van der Waals surface area contributed by atoms with Crippen molar-refractivity contribution in [1.29, 1.82) is 0 Å². The highest BCUT2D eigenvalue weighted by molar-refractivity contribution is 7.09. The van der Waals surface area contributed by atoms with Crippen molar-refractivity contribution in [3.63, 3.8) is 0 Å². The van der Waals surface area contributed by atoms with Gasteiger partial charge in [-0.3, -0.25) is 9.48 Å². The zero-order valence-electron chi connectivity index (χ0n) is 12.7. The molecule has 6 heteroatoms. The van der Waals surface area contributed by atoms with Gasteiger partial charge in [0.2, 0.25) is 5.91 Å². The molecule has 2 heterocycles. The Bertz CT molecular complexity index is 805. The number of rotatable bonds is 5. The molecule has 3 aromatic rings. The van der Waals surface area contributed by atoms with E-state index in [0.29, 0.717) is 19.5 Å². The maximum atomic E-state index is 12.0. The normalized spacial score (nSPS) is 11.0. The van der Waals surface area contributed by atoms with Crippen molar-refractivity contribution in [1.82, 2.24) is 20.1 Å². The van der Waals surface area contributed by atoms with Gasteiger partial charge in [0.1, 0.15) is 0 Å². The zero-order valence-corrected chi connectivity index (χ0v) is 13.5. The molecule has 0 spiro atoms. The quantitative estimate of drug-likeness (QED) is 0.788. The van der Waals surface area contributed by atoms with Gasteiger partial charge in [-0.2, -0.15) is 5.10 Å². The molecule has 114 valence electrons. The van der Waals surface area contributed by atoms with Crippen LogP contribution in [0.4, 0.5) is 0 Å². The molecule has 0 bridgehead atoms. The minimum Gasteiger partial charge on any atom is -0.350 e. The number of nitrogens with one attached hydrogen (secondary N) is 1. The smallest absolute Gasteiger partial charge is 0.222 e. The van der Waals surface area contributed by atoms with Crippen LogP contribution < -0.4 is 5.32 Å². The lowest BCUT2D eigenvalue weighted by Crippen LogP contribution is -2.24. The number of carbonyl (C=O) groups excluding carboxylic acids is 1. The number of thiazole rings is 1. The Kier molecular flexibility index (Phi) is 4.20. The van der Waals surface area contributed by atoms with Crippen molar-refractivity contribution in [2.45, 2.75) is 33.4 Å². The van der Waals surface area contributed by atoms with Crippen molar-refractivity contribution in [3.8, 4) is 0 Å². The van der Waals surface area contributed by atoms with E-state index in [1.165, 1.54) is 0 Å². The van der Waals surface area contributed by atoms with Crippen LogP contribution >= 0.6 is 11.3 Å². The summed E-state index contributed by atoms with van der Waals surface area (Å²) in [6.07, 6.45) is 0.411. The first-order chi connectivity index (χ1) is 10.6. The summed E-state index contributed by atoms with van der Waals surface area (Å²) in [5, 5.41) is 11.5. The predicted octanol–water partition coefficient (Wildman–Crippen LogP) is 2.82. The fourth-order valence-corrected chi connectivity index (χ4v) is 3.05. The van der Waals surface area contributed by atoms with Crippen molar-refractivity contribution >= 4 is 28.1 Å². The molecule has 5 nitrogen and oxygen atoms in total. The number of para-hydroxylation sites is 1. The molecule has 1 aromatic carbocycles. The van der Waals surface area contributed by atoms with E-state index in [-0.39, 0.29) is 5.91 Å². The maximum Gasteiger partial charge on any atom is 0.222 e. The molecular weight excluding hydrogens is 296 g/mol. The minimum atomic E-state index is 0.0166. The SMILES string of the molecule is Cc1nc(CNC(=O)CCn2nc(C)c3ccccc32)cs1. The summed E-state index contributed by atoms with van der Waals surface area (Å²) >= 11 is 1.59. The van der Waals surface area contributed by atoms with Crippen LogP contribution in [0.5, 0.6) is 0 Å². The van der Waals surface area contributed by atoms with Crippen molar-refractivity contribution < 1.29 is 4.79 Å². The number of fused-ring (bicyclic) bond motifs is 1. The van der Waals surface area contributed by atoms with Crippen LogP contribution in [0.25, 0.3) is 10.9 Å². The third-order valence-corrected chi connectivity index (χ3v) is 4.35. The number of hydrogen-bond donors (Lipinski definition) is 1. The van der Waals surface area contributed by atoms with Crippen LogP contribution in [0.2, 0.25) is 0 Å². The van der Waals surface area contributed by atoms with Gasteiger partial charge >= 0.3 is 0 Å². The van der Waals surface area contributed by atoms with Crippen LogP contribution in [0.1, 0.15) is 22.8 Å². The molecule has 0 fully saturated rings. The lowest BCUT2D eigenvalue weighted by atomic mass is 10.2. The lowest BCUT2D eigenvalue weighted by molar-refractivity contribution is -0.121. The maximum absolute atomic E-state index is 12.0. The van der Waals surface area contributed by atoms with Gasteiger partial charge in [0.05, 0.1) is 35.0 Å². The fourth-order valence-electron chi connectivity index (χ4n) is 2.44. The second kappa shape index (κ2) is 6.27. The fraction of sp³-hybridized carbons (Fsp3) is 0.312. The molecular formula is C16H18N4OS. The number of benzene rings is 1. The van der Waals surface area contributed by atoms with Gasteiger partial charge in [-0.25, -0.2) is 4.98 Å². The second-order valence-electron chi connectivity index (χ2n) is 5.21. The van der Waals surface area contributed by atoms with Gasteiger partial charge in [-0.15, -0.1) is 11.3 Å². The highest BCUT2D eigenvalue weighted by Crippen LogP contribution is 2.17. The Morgan fingerprint density at radius 3 is 2.91 bits per heavy atom. The van der Waals surface area contributed by atoms with Gasteiger partial charge < -0.3 is 5.32 Å².